The monoisotopic (exact) mass is 411 g/mol. The van der Waals surface area contributed by atoms with Crippen LogP contribution in [0.3, 0.4) is 0 Å². The predicted octanol–water partition coefficient (Wildman–Crippen LogP) is 4.52. The van der Waals surface area contributed by atoms with Crippen molar-refractivity contribution in [2.45, 2.75) is 32.3 Å². The Bertz CT molecular complexity index is 862. The molecule has 2 aromatic carbocycles. The summed E-state index contributed by atoms with van der Waals surface area (Å²) in [6, 6.07) is 11.5. The zero-order valence-electron chi connectivity index (χ0n) is 15.4. The minimum absolute atomic E-state index is 0.260. The lowest BCUT2D eigenvalue weighted by Gasteiger charge is -2.12. The second-order valence-corrected chi connectivity index (χ2v) is 6.49. The zero-order valence-corrected chi connectivity index (χ0v) is 16.3. The standard InChI is InChI=1S/C20H22F2O2.HNO2S/c1-15-7-10-18(11-8-15)24-14-17(23)6-4-2-3-5-16-9-12-19(21)20(22)13-16;1-4(2)3/h3,5,7-13,17,23H,2,4,6,14H2,1H3;1H/b5-3+;. The van der Waals surface area contributed by atoms with Crippen molar-refractivity contribution in [2.24, 2.45) is 0 Å². The van der Waals surface area contributed by atoms with Gasteiger partial charge in [0.15, 0.2) is 11.6 Å². The van der Waals surface area contributed by atoms with Crippen LogP contribution >= 0.6 is 0 Å². The lowest BCUT2D eigenvalue weighted by atomic mass is 10.1. The summed E-state index contributed by atoms with van der Waals surface area (Å²) in [4.78, 5) is 0. The molecule has 1 atom stereocenters. The zero-order chi connectivity index (χ0) is 20.9. The second kappa shape index (κ2) is 12.7. The van der Waals surface area contributed by atoms with E-state index < -0.39 is 28.2 Å². The molecule has 0 aliphatic heterocycles. The van der Waals surface area contributed by atoms with Gasteiger partial charge in [0.25, 0.3) is 0 Å². The number of hydrogen-bond donors (Lipinski definition) is 2. The Morgan fingerprint density at radius 2 is 1.79 bits per heavy atom. The normalized spacial score (nSPS) is 11.6. The SMILES string of the molecule is Cc1ccc(OCC(O)CCC/C=C/c2ccc(F)c(F)c2)cc1.N=S(=O)=O. The minimum atomic E-state index is -2.61. The summed E-state index contributed by atoms with van der Waals surface area (Å²) in [5, 5.41) is 9.91. The van der Waals surface area contributed by atoms with Crippen molar-refractivity contribution in [1.29, 1.82) is 4.78 Å². The molecule has 5 nitrogen and oxygen atoms in total. The molecular formula is C20H23F2NO4S. The molecule has 0 aromatic heterocycles. The number of halogens is 2. The van der Waals surface area contributed by atoms with Crippen LogP contribution in [0.25, 0.3) is 6.08 Å². The van der Waals surface area contributed by atoms with Crippen molar-refractivity contribution in [3.8, 4) is 5.75 Å². The van der Waals surface area contributed by atoms with Crippen LogP contribution in [0.2, 0.25) is 0 Å². The number of hydrogen-bond acceptors (Lipinski definition) is 5. The molecule has 0 amide bonds. The number of unbranched alkanes of at least 4 members (excludes halogenated alkanes) is 1. The van der Waals surface area contributed by atoms with Crippen molar-refractivity contribution < 1.29 is 27.0 Å². The lowest BCUT2D eigenvalue weighted by Crippen LogP contribution is -2.17. The van der Waals surface area contributed by atoms with E-state index in [9.17, 15) is 13.9 Å². The number of aryl methyl sites for hydroxylation is 1. The topological polar surface area (TPSA) is 87.4 Å². The van der Waals surface area contributed by atoms with Crippen LogP contribution in [0, 0.1) is 23.3 Å². The Kier molecular flexibility index (Phi) is 10.7. The fraction of sp³-hybridized carbons (Fsp3) is 0.300. The first-order valence-corrected chi connectivity index (χ1v) is 9.65. The smallest absolute Gasteiger partial charge is 0.308 e. The molecule has 2 aromatic rings. The number of aliphatic hydroxyl groups is 1. The Balaban J connectivity index is 0.000000892. The number of benzene rings is 2. The Labute approximate surface area is 164 Å². The number of allylic oxidation sites excluding steroid dienone is 1. The van der Waals surface area contributed by atoms with Crippen molar-refractivity contribution in [2.75, 3.05) is 6.61 Å². The van der Waals surface area contributed by atoms with Gasteiger partial charge in [-0.25, -0.2) is 8.78 Å². The highest BCUT2D eigenvalue weighted by atomic mass is 32.2. The third-order valence-electron chi connectivity index (χ3n) is 3.63. The van der Waals surface area contributed by atoms with Gasteiger partial charge in [-0.05, 0) is 56.0 Å². The molecule has 0 fully saturated rings. The van der Waals surface area contributed by atoms with Crippen molar-refractivity contribution in [3.63, 3.8) is 0 Å². The van der Waals surface area contributed by atoms with Gasteiger partial charge in [0, 0.05) is 0 Å². The lowest BCUT2D eigenvalue weighted by molar-refractivity contribution is 0.0984. The van der Waals surface area contributed by atoms with E-state index in [0.29, 0.717) is 12.0 Å². The summed E-state index contributed by atoms with van der Waals surface area (Å²) < 4.78 is 54.2. The van der Waals surface area contributed by atoms with Crippen LogP contribution in [0.15, 0.2) is 48.5 Å². The van der Waals surface area contributed by atoms with Gasteiger partial charge < -0.3 is 9.84 Å². The average molecular weight is 411 g/mol. The Hall–Kier alpha value is -2.58. The third kappa shape index (κ3) is 10.5. The summed E-state index contributed by atoms with van der Waals surface area (Å²) in [5.41, 5.74) is 1.79. The summed E-state index contributed by atoms with van der Waals surface area (Å²) in [5.74, 6) is -0.942. The maximum absolute atomic E-state index is 13.1. The van der Waals surface area contributed by atoms with E-state index >= 15 is 0 Å². The van der Waals surface area contributed by atoms with E-state index in [-0.39, 0.29) is 6.61 Å². The van der Waals surface area contributed by atoms with E-state index in [1.807, 2.05) is 37.3 Å². The van der Waals surface area contributed by atoms with Gasteiger partial charge in [-0.1, -0.05) is 35.9 Å². The van der Waals surface area contributed by atoms with Crippen LogP contribution in [0.4, 0.5) is 8.78 Å². The molecule has 1 unspecified atom stereocenters. The molecule has 0 spiro atoms. The van der Waals surface area contributed by atoms with E-state index in [1.54, 1.807) is 6.08 Å². The molecule has 28 heavy (non-hydrogen) atoms. The first-order chi connectivity index (χ1) is 13.3. The number of nitrogens with one attached hydrogen (secondary N) is 1. The maximum atomic E-state index is 13.1. The van der Waals surface area contributed by atoms with Gasteiger partial charge in [0.05, 0.1) is 6.10 Å². The number of aliphatic hydroxyl groups excluding tert-OH is 1. The van der Waals surface area contributed by atoms with Gasteiger partial charge in [0.2, 0.25) is 0 Å². The van der Waals surface area contributed by atoms with Crippen LogP contribution in [-0.4, -0.2) is 26.2 Å². The van der Waals surface area contributed by atoms with Gasteiger partial charge in [-0.3, -0.25) is 0 Å². The van der Waals surface area contributed by atoms with Crippen molar-refractivity contribution >= 4 is 16.6 Å². The van der Waals surface area contributed by atoms with Crippen LogP contribution in [-0.2, 0) is 10.5 Å². The highest BCUT2D eigenvalue weighted by Crippen LogP contribution is 2.13. The van der Waals surface area contributed by atoms with Gasteiger partial charge in [-0.2, -0.15) is 13.2 Å². The largest absolute Gasteiger partial charge is 0.491 e. The molecule has 152 valence electrons. The fourth-order valence-electron chi connectivity index (χ4n) is 2.22. The molecule has 2 rings (SSSR count). The molecule has 0 saturated heterocycles. The molecule has 0 radical (unpaired) electrons. The minimum Gasteiger partial charge on any atom is -0.491 e. The summed E-state index contributed by atoms with van der Waals surface area (Å²) >= 11 is 0. The molecule has 8 heteroatoms. The van der Waals surface area contributed by atoms with Gasteiger partial charge >= 0.3 is 10.5 Å². The highest BCUT2D eigenvalue weighted by molar-refractivity contribution is 7.60. The summed E-state index contributed by atoms with van der Waals surface area (Å²) in [6.07, 6.45) is 5.27. The van der Waals surface area contributed by atoms with Crippen molar-refractivity contribution in [1.82, 2.24) is 0 Å². The van der Waals surface area contributed by atoms with E-state index in [0.717, 1.165) is 36.3 Å². The fourth-order valence-corrected chi connectivity index (χ4v) is 2.22. The molecule has 0 saturated carbocycles. The van der Waals surface area contributed by atoms with E-state index in [2.05, 4.69) is 0 Å². The molecule has 0 aliphatic rings. The maximum Gasteiger partial charge on any atom is 0.308 e. The van der Waals surface area contributed by atoms with Crippen LogP contribution < -0.4 is 4.74 Å². The first kappa shape index (κ1) is 23.5. The van der Waals surface area contributed by atoms with E-state index in [4.69, 9.17) is 17.9 Å². The Morgan fingerprint density at radius 1 is 1.14 bits per heavy atom. The highest BCUT2D eigenvalue weighted by Gasteiger charge is 2.05. The van der Waals surface area contributed by atoms with Crippen molar-refractivity contribution in [3.05, 3.63) is 71.3 Å². The average Bonchev–Trinajstić information content (AvgIpc) is 2.63. The van der Waals surface area contributed by atoms with Crippen LogP contribution in [0.1, 0.15) is 30.4 Å². The molecular weight excluding hydrogens is 388 g/mol. The molecule has 2 N–H and O–H groups in total. The number of ether oxygens (including phenoxy) is 1. The van der Waals surface area contributed by atoms with Gasteiger partial charge in [-0.15, -0.1) is 0 Å². The summed E-state index contributed by atoms with van der Waals surface area (Å²) in [7, 11) is -2.61. The second-order valence-electron chi connectivity index (χ2n) is 6.02. The first-order valence-electron chi connectivity index (χ1n) is 8.57. The van der Waals surface area contributed by atoms with E-state index in [1.165, 1.54) is 6.07 Å². The predicted molar refractivity (Wildman–Crippen MR) is 104 cm³/mol. The van der Waals surface area contributed by atoms with Crippen LogP contribution in [0.5, 0.6) is 5.75 Å². The Morgan fingerprint density at radius 3 is 2.39 bits per heavy atom. The summed E-state index contributed by atoms with van der Waals surface area (Å²) in [6.45, 7) is 2.27. The quantitative estimate of drug-likeness (QED) is 0.625. The molecule has 0 aliphatic carbocycles. The molecule has 0 heterocycles. The van der Waals surface area contributed by atoms with Gasteiger partial charge in [0.1, 0.15) is 12.4 Å². The number of rotatable bonds is 8. The third-order valence-corrected chi connectivity index (χ3v) is 3.63. The molecule has 0 bridgehead atoms.